The van der Waals surface area contributed by atoms with Gasteiger partial charge in [0.25, 0.3) is 0 Å². The molecule has 4 heteroatoms. The number of aromatic nitrogens is 2. The lowest BCUT2D eigenvalue weighted by Crippen LogP contribution is -1.82. The van der Waals surface area contributed by atoms with Crippen LogP contribution in [-0.2, 0) is 0 Å². The van der Waals surface area contributed by atoms with Crippen molar-refractivity contribution in [2.24, 2.45) is 0 Å². The second-order valence-electron chi connectivity index (χ2n) is 2.18. The maximum atomic E-state index is 4.09. The Morgan fingerprint density at radius 2 is 2.27 bits per heavy atom. The number of hydrogen-bond acceptors (Lipinski definition) is 1. The molecule has 1 heterocycles. The zero-order valence-corrected chi connectivity index (χ0v) is 9.20. The summed E-state index contributed by atoms with van der Waals surface area (Å²) in [5.74, 6) is 0. The second kappa shape index (κ2) is 2.75. The standard InChI is InChI=1S/C7H4BrIN2/c8-11-7-5(4-10-11)2-1-3-6(7)9/h1-4H. The van der Waals surface area contributed by atoms with Crippen LogP contribution in [0.5, 0.6) is 0 Å². The lowest BCUT2D eigenvalue weighted by molar-refractivity contribution is 1.06. The first kappa shape index (κ1) is 7.54. The van der Waals surface area contributed by atoms with Crippen molar-refractivity contribution in [3.8, 4) is 0 Å². The lowest BCUT2D eigenvalue weighted by atomic mass is 10.3. The molecule has 1 aromatic carbocycles. The van der Waals surface area contributed by atoms with Crippen molar-refractivity contribution < 1.29 is 0 Å². The third-order valence-corrected chi connectivity index (χ3v) is 2.91. The zero-order chi connectivity index (χ0) is 7.84. The fraction of sp³-hybridized carbons (Fsp3) is 0. The molecule has 11 heavy (non-hydrogen) atoms. The largest absolute Gasteiger partial charge is 0.196 e. The molecule has 0 fully saturated rings. The molecule has 56 valence electrons. The first-order chi connectivity index (χ1) is 5.29. The number of fused-ring (bicyclic) bond motifs is 1. The second-order valence-corrected chi connectivity index (χ2v) is 4.02. The highest BCUT2D eigenvalue weighted by Gasteiger charge is 2.02. The Morgan fingerprint density at radius 1 is 1.45 bits per heavy atom. The quantitative estimate of drug-likeness (QED) is 0.682. The van der Waals surface area contributed by atoms with Crippen LogP contribution in [0, 0.1) is 3.57 Å². The predicted molar refractivity (Wildman–Crippen MR) is 56.8 cm³/mol. The van der Waals surface area contributed by atoms with Crippen LogP contribution < -0.4 is 0 Å². The van der Waals surface area contributed by atoms with E-state index in [9.17, 15) is 0 Å². The van der Waals surface area contributed by atoms with Gasteiger partial charge in [-0.15, -0.1) is 0 Å². The molecule has 0 saturated carbocycles. The van der Waals surface area contributed by atoms with Gasteiger partial charge in [0.05, 0.1) is 27.9 Å². The Balaban J connectivity index is 2.96. The van der Waals surface area contributed by atoms with Crippen LogP contribution >= 0.6 is 38.7 Å². The summed E-state index contributed by atoms with van der Waals surface area (Å²) < 4.78 is 2.92. The third kappa shape index (κ3) is 1.18. The van der Waals surface area contributed by atoms with Gasteiger partial charge in [-0.05, 0) is 28.7 Å². The van der Waals surface area contributed by atoms with E-state index in [1.165, 1.54) is 3.57 Å². The minimum absolute atomic E-state index is 1.13. The molecule has 2 nitrogen and oxygen atoms in total. The Morgan fingerprint density at radius 3 is 3.00 bits per heavy atom. The molecule has 0 aliphatic rings. The molecule has 0 spiro atoms. The summed E-state index contributed by atoms with van der Waals surface area (Å²) >= 11 is 5.61. The Hall–Kier alpha value is -0.100. The van der Waals surface area contributed by atoms with Crippen LogP contribution in [0.3, 0.4) is 0 Å². The number of halogens is 2. The number of benzene rings is 1. The van der Waals surface area contributed by atoms with Crippen molar-refractivity contribution >= 4 is 49.6 Å². The van der Waals surface area contributed by atoms with Crippen molar-refractivity contribution in [2.45, 2.75) is 0 Å². The van der Waals surface area contributed by atoms with Crippen LogP contribution in [0.15, 0.2) is 24.4 Å². The zero-order valence-electron chi connectivity index (χ0n) is 5.46. The normalized spacial score (nSPS) is 10.7. The van der Waals surface area contributed by atoms with E-state index >= 15 is 0 Å². The van der Waals surface area contributed by atoms with Gasteiger partial charge in [-0.2, -0.15) is 8.81 Å². The summed E-state index contributed by atoms with van der Waals surface area (Å²) in [7, 11) is 0. The van der Waals surface area contributed by atoms with Gasteiger partial charge >= 0.3 is 0 Å². The topological polar surface area (TPSA) is 17.8 Å². The van der Waals surface area contributed by atoms with Crippen molar-refractivity contribution in [1.82, 2.24) is 8.81 Å². The minimum atomic E-state index is 1.13. The van der Waals surface area contributed by atoms with Gasteiger partial charge in [0.1, 0.15) is 0 Å². The third-order valence-electron chi connectivity index (χ3n) is 1.50. The SMILES string of the molecule is Brn1ncc2cccc(I)c21. The smallest absolute Gasteiger partial charge is 0.0946 e. The molecule has 0 aliphatic carbocycles. The highest BCUT2D eigenvalue weighted by atomic mass is 127. The number of para-hydroxylation sites is 1. The average molecular weight is 323 g/mol. The Kier molecular flexibility index (Phi) is 1.88. The van der Waals surface area contributed by atoms with Crippen LogP contribution in [0.25, 0.3) is 10.9 Å². The Bertz CT molecular complexity index is 396. The van der Waals surface area contributed by atoms with Gasteiger partial charge < -0.3 is 0 Å². The summed E-state index contributed by atoms with van der Waals surface area (Å²) in [6.07, 6.45) is 1.84. The van der Waals surface area contributed by atoms with Gasteiger partial charge in [-0.1, -0.05) is 12.1 Å². The Labute approximate surface area is 86.1 Å². The summed E-state index contributed by atoms with van der Waals surface area (Å²) in [4.78, 5) is 0. The molecule has 0 N–H and O–H groups in total. The van der Waals surface area contributed by atoms with Crippen LogP contribution in [0.4, 0.5) is 0 Å². The highest BCUT2D eigenvalue weighted by molar-refractivity contribution is 14.1. The van der Waals surface area contributed by atoms with Crippen LogP contribution in [-0.4, -0.2) is 8.81 Å². The van der Waals surface area contributed by atoms with Gasteiger partial charge in [0.2, 0.25) is 0 Å². The maximum Gasteiger partial charge on any atom is 0.0946 e. The van der Waals surface area contributed by atoms with Crippen molar-refractivity contribution in [2.75, 3.05) is 0 Å². The van der Waals surface area contributed by atoms with Crippen molar-refractivity contribution in [1.29, 1.82) is 0 Å². The monoisotopic (exact) mass is 322 g/mol. The molecule has 0 bridgehead atoms. The molecule has 0 unspecified atom stereocenters. The van der Waals surface area contributed by atoms with E-state index in [1.807, 2.05) is 18.3 Å². The van der Waals surface area contributed by atoms with Crippen molar-refractivity contribution in [3.05, 3.63) is 28.0 Å². The molecular weight excluding hydrogens is 319 g/mol. The molecule has 0 aliphatic heterocycles. The number of nitrogens with zero attached hydrogens (tertiary/aromatic N) is 2. The lowest BCUT2D eigenvalue weighted by Gasteiger charge is -1.93. The number of rotatable bonds is 0. The average Bonchev–Trinajstić information content (AvgIpc) is 2.34. The fourth-order valence-electron chi connectivity index (χ4n) is 1.00. The van der Waals surface area contributed by atoms with Gasteiger partial charge in [0.15, 0.2) is 0 Å². The van der Waals surface area contributed by atoms with Crippen molar-refractivity contribution in [3.63, 3.8) is 0 Å². The summed E-state index contributed by atoms with van der Waals surface area (Å²) in [5, 5.41) is 5.25. The minimum Gasteiger partial charge on any atom is -0.196 e. The van der Waals surface area contributed by atoms with E-state index in [4.69, 9.17) is 0 Å². The molecule has 0 amide bonds. The van der Waals surface area contributed by atoms with Gasteiger partial charge in [-0.3, -0.25) is 0 Å². The van der Waals surface area contributed by atoms with E-state index < -0.39 is 0 Å². The van der Waals surface area contributed by atoms with E-state index in [2.05, 4.69) is 49.9 Å². The first-order valence-electron chi connectivity index (χ1n) is 3.07. The molecule has 2 aromatic rings. The van der Waals surface area contributed by atoms with Gasteiger partial charge in [-0.25, -0.2) is 0 Å². The van der Waals surface area contributed by atoms with E-state index in [-0.39, 0.29) is 0 Å². The maximum absolute atomic E-state index is 4.09. The first-order valence-corrected chi connectivity index (χ1v) is 4.86. The van der Waals surface area contributed by atoms with E-state index in [0.29, 0.717) is 0 Å². The van der Waals surface area contributed by atoms with Crippen LogP contribution in [0.2, 0.25) is 0 Å². The molecule has 1 aromatic heterocycles. The summed E-state index contributed by atoms with van der Waals surface area (Å²) in [5.41, 5.74) is 1.13. The molecule has 0 radical (unpaired) electrons. The fourth-order valence-corrected chi connectivity index (χ4v) is 2.57. The molecular formula is C7H4BrIN2. The van der Waals surface area contributed by atoms with Crippen LogP contribution in [0.1, 0.15) is 0 Å². The molecule has 0 saturated heterocycles. The molecule has 2 rings (SSSR count). The molecule has 0 atom stereocenters. The van der Waals surface area contributed by atoms with E-state index in [0.717, 1.165) is 10.9 Å². The summed E-state index contributed by atoms with van der Waals surface area (Å²) in [6.45, 7) is 0. The van der Waals surface area contributed by atoms with Gasteiger partial charge in [0, 0.05) is 8.96 Å². The predicted octanol–water partition coefficient (Wildman–Crippen LogP) is 2.80. The number of hydrogen-bond donors (Lipinski definition) is 0. The van der Waals surface area contributed by atoms with E-state index in [1.54, 1.807) is 3.71 Å². The summed E-state index contributed by atoms with van der Waals surface area (Å²) in [6, 6.07) is 6.13. The highest BCUT2D eigenvalue weighted by Crippen LogP contribution is 2.20.